The summed E-state index contributed by atoms with van der Waals surface area (Å²) in [5.74, 6) is -2.35. The Morgan fingerprint density at radius 3 is 2.57 bits per heavy atom. The van der Waals surface area contributed by atoms with Crippen LogP contribution in [0, 0.1) is 0 Å². The molecule has 21 heavy (non-hydrogen) atoms. The minimum absolute atomic E-state index is 0.0178. The van der Waals surface area contributed by atoms with Crippen molar-refractivity contribution in [2.24, 2.45) is 0 Å². The molecule has 0 bridgehead atoms. The van der Waals surface area contributed by atoms with Gasteiger partial charge in [-0.2, -0.15) is 13.2 Å². The zero-order valence-corrected chi connectivity index (χ0v) is 11.4. The number of phenolic OH excluding ortho intramolecular Hbond substituents is 1. The van der Waals surface area contributed by atoms with Crippen LogP contribution >= 0.6 is 11.6 Å². The lowest BCUT2D eigenvalue weighted by molar-refractivity contribution is -0.187. The molecule has 1 aliphatic rings. The van der Waals surface area contributed by atoms with Crippen molar-refractivity contribution in [1.29, 1.82) is 0 Å². The van der Waals surface area contributed by atoms with Crippen LogP contribution in [0.15, 0.2) is 11.6 Å². The smallest absolute Gasteiger partial charge is 0.430 e. The van der Waals surface area contributed by atoms with Crippen LogP contribution in [0.3, 0.4) is 0 Å². The average molecular weight is 323 g/mol. The molecule has 1 aliphatic heterocycles. The third-order valence-corrected chi connectivity index (χ3v) is 3.50. The number of aromatic hydroxyl groups is 1. The lowest BCUT2D eigenvalue weighted by atomic mass is 9.98. The van der Waals surface area contributed by atoms with Crippen molar-refractivity contribution in [2.45, 2.75) is 25.6 Å². The van der Waals surface area contributed by atoms with Crippen molar-refractivity contribution in [2.75, 3.05) is 0 Å². The maximum atomic E-state index is 12.9. The van der Waals surface area contributed by atoms with E-state index in [9.17, 15) is 23.1 Å². The molecule has 2 N–H and O–H groups in total. The number of ether oxygens (including phenoxy) is 1. The Morgan fingerprint density at radius 2 is 2.10 bits per heavy atom. The van der Waals surface area contributed by atoms with E-state index >= 15 is 0 Å². The maximum Gasteiger partial charge on any atom is 0.430 e. The Morgan fingerprint density at radius 1 is 1.48 bits per heavy atom. The summed E-state index contributed by atoms with van der Waals surface area (Å²) in [6.45, 7) is 1.69. The first-order valence-electron chi connectivity index (χ1n) is 5.89. The number of carbonyl (C=O) groups is 1. The summed E-state index contributed by atoms with van der Waals surface area (Å²) < 4.78 is 43.3. The standard InChI is InChI=1S/C13H10ClF3O4/c1-2-5-8(18)4-9-6(10(5)14)3-7(12(19)20)11(21-9)13(15,16)17/h3-4,11,18H,2H2,1H3,(H,19,20). The number of phenols is 1. The minimum Gasteiger partial charge on any atom is -0.507 e. The van der Waals surface area contributed by atoms with Gasteiger partial charge in [-0.25, -0.2) is 4.79 Å². The predicted octanol–water partition coefficient (Wildman–Crippen LogP) is 3.40. The Labute approximate surface area is 122 Å². The maximum absolute atomic E-state index is 12.9. The van der Waals surface area contributed by atoms with Gasteiger partial charge in [-0.15, -0.1) is 0 Å². The van der Waals surface area contributed by atoms with Gasteiger partial charge in [0, 0.05) is 17.2 Å². The second kappa shape index (κ2) is 5.14. The van der Waals surface area contributed by atoms with Gasteiger partial charge in [0.2, 0.25) is 6.10 Å². The van der Waals surface area contributed by atoms with Crippen LogP contribution < -0.4 is 4.74 Å². The van der Waals surface area contributed by atoms with Gasteiger partial charge in [-0.05, 0) is 12.5 Å². The van der Waals surface area contributed by atoms with E-state index in [-0.39, 0.29) is 22.1 Å². The second-order valence-electron chi connectivity index (χ2n) is 4.40. The first-order valence-corrected chi connectivity index (χ1v) is 6.27. The van der Waals surface area contributed by atoms with Crippen LogP contribution in [0.4, 0.5) is 13.2 Å². The van der Waals surface area contributed by atoms with Crippen molar-refractivity contribution in [3.05, 3.63) is 27.8 Å². The molecule has 1 unspecified atom stereocenters. The Kier molecular flexibility index (Phi) is 3.79. The Hall–Kier alpha value is -1.89. The number of aliphatic carboxylic acids is 1. The minimum atomic E-state index is -4.90. The number of hydrogen-bond acceptors (Lipinski definition) is 3. The third kappa shape index (κ3) is 2.65. The fraction of sp³-hybridized carbons (Fsp3) is 0.308. The monoisotopic (exact) mass is 322 g/mol. The number of halogens is 4. The molecule has 0 aromatic heterocycles. The van der Waals surface area contributed by atoms with E-state index in [0.29, 0.717) is 12.0 Å². The summed E-state index contributed by atoms with van der Waals surface area (Å²) in [5.41, 5.74) is -0.626. The summed E-state index contributed by atoms with van der Waals surface area (Å²) in [6.07, 6.45) is -6.34. The molecule has 0 spiro atoms. The average Bonchev–Trinajstić information content (AvgIpc) is 2.36. The van der Waals surface area contributed by atoms with E-state index < -0.39 is 23.8 Å². The molecule has 1 aromatic carbocycles. The molecule has 1 heterocycles. The number of carboxylic acids is 1. The molecule has 0 radical (unpaired) electrons. The summed E-state index contributed by atoms with van der Waals surface area (Å²) >= 11 is 6.01. The first kappa shape index (κ1) is 15.5. The van der Waals surface area contributed by atoms with Crippen molar-refractivity contribution >= 4 is 23.6 Å². The fourth-order valence-corrected chi connectivity index (χ4v) is 2.46. The Balaban J connectivity index is 2.67. The van der Waals surface area contributed by atoms with Crippen LogP contribution in [0.25, 0.3) is 6.08 Å². The van der Waals surface area contributed by atoms with Gasteiger partial charge < -0.3 is 14.9 Å². The zero-order chi connectivity index (χ0) is 15.9. The fourth-order valence-electron chi connectivity index (χ4n) is 2.08. The molecule has 4 nitrogen and oxygen atoms in total. The molecule has 1 aromatic rings. The predicted molar refractivity (Wildman–Crippen MR) is 68.6 cm³/mol. The number of rotatable bonds is 2. The van der Waals surface area contributed by atoms with Crippen molar-refractivity contribution in [1.82, 2.24) is 0 Å². The van der Waals surface area contributed by atoms with Gasteiger partial charge in [0.05, 0.1) is 10.6 Å². The van der Waals surface area contributed by atoms with Crippen molar-refractivity contribution in [3.63, 3.8) is 0 Å². The normalized spacial score (nSPS) is 17.8. The molecule has 2 rings (SSSR count). The van der Waals surface area contributed by atoms with Crippen LogP contribution in [-0.2, 0) is 11.2 Å². The van der Waals surface area contributed by atoms with Gasteiger partial charge in [-0.3, -0.25) is 0 Å². The number of fused-ring (bicyclic) bond motifs is 1. The largest absolute Gasteiger partial charge is 0.507 e. The van der Waals surface area contributed by atoms with E-state index in [4.69, 9.17) is 21.4 Å². The van der Waals surface area contributed by atoms with Gasteiger partial charge >= 0.3 is 12.1 Å². The number of alkyl halides is 3. The summed E-state index contributed by atoms with van der Waals surface area (Å²) in [7, 11) is 0. The lowest BCUT2D eigenvalue weighted by Gasteiger charge is -2.28. The number of benzene rings is 1. The first-order chi connectivity index (χ1) is 9.66. The van der Waals surface area contributed by atoms with E-state index in [1.807, 2.05) is 0 Å². The molecule has 8 heteroatoms. The molecule has 0 fully saturated rings. The van der Waals surface area contributed by atoms with Gasteiger partial charge in [0.15, 0.2) is 0 Å². The molecular formula is C13H10ClF3O4. The third-order valence-electron chi connectivity index (χ3n) is 3.07. The Bertz CT molecular complexity index is 637. The molecule has 1 atom stereocenters. The highest BCUT2D eigenvalue weighted by molar-refractivity contribution is 6.33. The van der Waals surface area contributed by atoms with E-state index in [1.165, 1.54) is 0 Å². The van der Waals surface area contributed by atoms with E-state index in [1.54, 1.807) is 6.92 Å². The second-order valence-corrected chi connectivity index (χ2v) is 4.78. The van der Waals surface area contributed by atoms with Gasteiger partial charge in [0.1, 0.15) is 11.5 Å². The highest BCUT2D eigenvalue weighted by Crippen LogP contribution is 2.44. The summed E-state index contributed by atoms with van der Waals surface area (Å²) in [5, 5.41) is 18.6. The van der Waals surface area contributed by atoms with Crippen LogP contribution in [-0.4, -0.2) is 28.5 Å². The quantitative estimate of drug-likeness (QED) is 0.875. The van der Waals surface area contributed by atoms with E-state index in [2.05, 4.69) is 0 Å². The molecule has 0 amide bonds. The lowest BCUT2D eigenvalue weighted by Crippen LogP contribution is -2.40. The van der Waals surface area contributed by atoms with E-state index in [0.717, 1.165) is 12.1 Å². The van der Waals surface area contributed by atoms with Gasteiger partial charge in [0.25, 0.3) is 0 Å². The van der Waals surface area contributed by atoms with Crippen LogP contribution in [0.5, 0.6) is 11.5 Å². The topological polar surface area (TPSA) is 66.8 Å². The van der Waals surface area contributed by atoms with Crippen LogP contribution in [0.1, 0.15) is 18.1 Å². The highest BCUT2D eigenvalue weighted by atomic mass is 35.5. The summed E-state index contributed by atoms with van der Waals surface area (Å²) in [6, 6.07) is 1.01. The van der Waals surface area contributed by atoms with Crippen molar-refractivity contribution < 1.29 is 32.9 Å². The van der Waals surface area contributed by atoms with Crippen LogP contribution in [0.2, 0.25) is 5.02 Å². The highest BCUT2D eigenvalue weighted by Gasteiger charge is 2.48. The molecule has 114 valence electrons. The van der Waals surface area contributed by atoms with Crippen molar-refractivity contribution in [3.8, 4) is 11.5 Å². The summed E-state index contributed by atoms with van der Waals surface area (Å²) in [4.78, 5) is 11.0. The molecule has 0 saturated heterocycles. The zero-order valence-electron chi connectivity index (χ0n) is 10.7. The molecular weight excluding hydrogens is 313 g/mol. The van der Waals surface area contributed by atoms with Gasteiger partial charge in [-0.1, -0.05) is 18.5 Å². The number of hydrogen-bond donors (Lipinski definition) is 2. The SMILES string of the molecule is CCc1c(O)cc2c(c1Cl)C=C(C(=O)O)C(C(F)(F)F)O2. The molecule has 0 saturated carbocycles. The number of carboxylic acid groups (broad SMARTS) is 1. The molecule has 0 aliphatic carbocycles.